The molecular weight excluding hydrogens is 332 g/mol. The van der Waals surface area contributed by atoms with Crippen molar-refractivity contribution < 1.29 is 8.42 Å². The molecule has 1 aromatic carbocycles. The number of hydrogen-bond donors (Lipinski definition) is 3. The Hall–Kier alpha value is -1.54. The number of halogens is 1. The molecule has 0 saturated heterocycles. The lowest BCUT2D eigenvalue weighted by Crippen LogP contribution is -2.15. The SMILES string of the molecule is Cc1cc(Br)cc(C)c1NS(=O)(=O)c1cn[nH]c1N. The number of rotatable bonds is 3. The lowest BCUT2D eigenvalue weighted by molar-refractivity contribution is 0.601. The Labute approximate surface area is 119 Å². The number of nitrogens with zero attached hydrogens (tertiary/aromatic N) is 1. The van der Waals surface area contributed by atoms with Crippen LogP contribution in [0.2, 0.25) is 0 Å². The second-order valence-corrected chi connectivity index (χ2v) is 6.73. The van der Waals surface area contributed by atoms with Crippen LogP contribution in [-0.2, 0) is 10.0 Å². The highest BCUT2D eigenvalue weighted by Gasteiger charge is 2.21. The maximum Gasteiger partial charge on any atom is 0.267 e. The van der Waals surface area contributed by atoms with Gasteiger partial charge in [-0.25, -0.2) is 8.42 Å². The molecule has 0 fully saturated rings. The van der Waals surface area contributed by atoms with Gasteiger partial charge in [0.15, 0.2) is 0 Å². The van der Waals surface area contributed by atoms with Crippen LogP contribution < -0.4 is 10.5 Å². The maximum atomic E-state index is 12.2. The van der Waals surface area contributed by atoms with Crippen LogP contribution in [0.1, 0.15) is 11.1 Å². The molecule has 0 amide bonds. The molecule has 0 aliphatic heterocycles. The normalized spacial score (nSPS) is 11.5. The monoisotopic (exact) mass is 344 g/mol. The van der Waals surface area contributed by atoms with Gasteiger partial charge in [0.1, 0.15) is 10.7 Å². The minimum atomic E-state index is -3.74. The Morgan fingerprint density at radius 1 is 1.32 bits per heavy atom. The van der Waals surface area contributed by atoms with Crippen molar-refractivity contribution in [2.24, 2.45) is 0 Å². The molecule has 0 atom stereocenters. The van der Waals surface area contributed by atoms with Gasteiger partial charge in [-0.15, -0.1) is 0 Å². The smallest absolute Gasteiger partial charge is 0.267 e. The lowest BCUT2D eigenvalue weighted by atomic mass is 10.1. The first kappa shape index (κ1) is 13.9. The van der Waals surface area contributed by atoms with Crippen molar-refractivity contribution >= 4 is 37.5 Å². The van der Waals surface area contributed by atoms with Crippen molar-refractivity contribution in [1.29, 1.82) is 0 Å². The van der Waals surface area contributed by atoms with E-state index >= 15 is 0 Å². The molecule has 8 heteroatoms. The summed E-state index contributed by atoms with van der Waals surface area (Å²) in [6, 6.07) is 3.67. The first-order chi connectivity index (χ1) is 8.81. The Morgan fingerprint density at radius 2 is 1.89 bits per heavy atom. The molecule has 0 unspecified atom stereocenters. The summed E-state index contributed by atoms with van der Waals surface area (Å²) in [6.07, 6.45) is 1.18. The lowest BCUT2D eigenvalue weighted by Gasteiger charge is -2.13. The molecule has 0 aliphatic rings. The number of anilines is 2. The molecule has 0 radical (unpaired) electrons. The van der Waals surface area contributed by atoms with E-state index in [0.717, 1.165) is 15.6 Å². The molecule has 2 rings (SSSR count). The number of nitrogens with two attached hydrogens (primary N) is 1. The number of nitrogens with one attached hydrogen (secondary N) is 2. The number of sulfonamides is 1. The third kappa shape index (κ3) is 2.74. The third-order valence-corrected chi connectivity index (χ3v) is 4.49. The summed E-state index contributed by atoms with van der Waals surface area (Å²) in [4.78, 5) is -0.0609. The van der Waals surface area contributed by atoms with Gasteiger partial charge in [0.05, 0.1) is 11.9 Å². The Balaban J connectivity index is 2.45. The van der Waals surface area contributed by atoms with Crippen molar-refractivity contribution in [1.82, 2.24) is 10.2 Å². The standard InChI is InChI=1S/C11H13BrN4O2S/c1-6-3-8(12)4-7(2)10(6)16-19(17,18)9-5-14-15-11(9)13/h3-5,16H,1-2H3,(H3,13,14,15). The number of benzene rings is 1. The summed E-state index contributed by atoms with van der Waals surface area (Å²) in [5, 5.41) is 6.01. The molecule has 4 N–H and O–H groups in total. The molecule has 0 spiro atoms. The van der Waals surface area contributed by atoms with Gasteiger partial charge in [0.2, 0.25) is 0 Å². The highest BCUT2D eigenvalue weighted by molar-refractivity contribution is 9.10. The van der Waals surface area contributed by atoms with Crippen LogP contribution >= 0.6 is 15.9 Å². The zero-order valence-electron chi connectivity index (χ0n) is 10.4. The van der Waals surface area contributed by atoms with Gasteiger partial charge in [-0.1, -0.05) is 15.9 Å². The van der Waals surface area contributed by atoms with Gasteiger partial charge in [-0.3, -0.25) is 9.82 Å². The van der Waals surface area contributed by atoms with Crippen LogP contribution in [0.15, 0.2) is 27.7 Å². The topological polar surface area (TPSA) is 101 Å². The fourth-order valence-corrected chi connectivity index (χ4v) is 3.67. The van der Waals surface area contributed by atoms with Crippen LogP contribution in [0.4, 0.5) is 11.5 Å². The van der Waals surface area contributed by atoms with E-state index in [1.54, 1.807) is 0 Å². The molecule has 102 valence electrons. The minimum Gasteiger partial charge on any atom is -0.383 e. The summed E-state index contributed by atoms with van der Waals surface area (Å²) in [5.74, 6) is 0.0138. The van der Waals surface area contributed by atoms with E-state index in [1.165, 1.54) is 6.20 Å². The fourth-order valence-electron chi connectivity index (χ4n) is 1.76. The van der Waals surface area contributed by atoms with E-state index in [9.17, 15) is 8.42 Å². The minimum absolute atomic E-state index is 0.0138. The van der Waals surface area contributed by atoms with Gasteiger partial charge in [0.25, 0.3) is 10.0 Å². The highest BCUT2D eigenvalue weighted by Crippen LogP contribution is 2.28. The molecular formula is C11H13BrN4O2S. The second-order valence-electron chi connectivity index (χ2n) is 4.17. The number of nitrogen functional groups attached to an aromatic ring is 1. The summed E-state index contributed by atoms with van der Waals surface area (Å²) in [6.45, 7) is 3.66. The van der Waals surface area contributed by atoms with Gasteiger partial charge in [-0.05, 0) is 37.1 Å². The van der Waals surface area contributed by atoms with Crippen molar-refractivity contribution in [2.75, 3.05) is 10.5 Å². The van der Waals surface area contributed by atoms with Crippen molar-refractivity contribution in [2.45, 2.75) is 18.7 Å². The molecule has 1 heterocycles. The zero-order valence-corrected chi connectivity index (χ0v) is 12.8. The first-order valence-electron chi connectivity index (χ1n) is 5.39. The average molecular weight is 345 g/mol. The number of aromatic amines is 1. The van der Waals surface area contributed by atoms with Crippen LogP contribution in [-0.4, -0.2) is 18.6 Å². The van der Waals surface area contributed by atoms with E-state index in [0.29, 0.717) is 5.69 Å². The second kappa shape index (κ2) is 4.86. The van der Waals surface area contributed by atoms with Crippen LogP contribution in [0.3, 0.4) is 0 Å². The molecule has 6 nitrogen and oxygen atoms in total. The summed E-state index contributed by atoms with van der Waals surface area (Å²) in [5.41, 5.74) is 7.72. The fraction of sp³-hybridized carbons (Fsp3) is 0.182. The largest absolute Gasteiger partial charge is 0.383 e. The van der Waals surface area contributed by atoms with Crippen molar-refractivity contribution in [3.05, 3.63) is 33.9 Å². The Bertz CT molecular complexity index is 701. The number of aryl methyl sites for hydroxylation is 2. The average Bonchev–Trinajstić information content (AvgIpc) is 2.70. The summed E-state index contributed by atoms with van der Waals surface area (Å²) in [7, 11) is -3.74. The number of aromatic nitrogens is 2. The van der Waals surface area contributed by atoms with Gasteiger partial charge < -0.3 is 5.73 Å². The molecule has 0 bridgehead atoms. The van der Waals surface area contributed by atoms with Crippen LogP contribution in [0, 0.1) is 13.8 Å². The third-order valence-electron chi connectivity index (χ3n) is 2.66. The molecule has 0 saturated carbocycles. The zero-order chi connectivity index (χ0) is 14.2. The van der Waals surface area contributed by atoms with Crippen LogP contribution in [0.25, 0.3) is 0 Å². The summed E-state index contributed by atoms with van der Waals surface area (Å²) >= 11 is 3.36. The predicted octanol–water partition coefficient (Wildman–Crippen LogP) is 2.17. The molecule has 1 aromatic heterocycles. The van der Waals surface area contributed by atoms with Gasteiger partial charge in [-0.2, -0.15) is 5.10 Å². The van der Waals surface area contributed by atoms with Crippen molar-refractivity contribution in [3.63, 3.8) is 0 Å². The van der Waals surface area contributed by atoms with E-state index in [4.69, 9.17) is 5.73 Å². The highest BCUT2D eigenvalue weighted by atomic mass is 79.9. The van der Waals surface area contributed by atoms with Crippen LogP contribution in [0.5, 0.6) is 0 Å². The molecule has 2 aromatic rings. The van der Waals surface area contributed by atoms with Crippen molar-refractivity contribution in [3.8, 4) is 0 Å². The van der Waals surface area contributed by atoms with Gasteiger partial charge >= 0.3 is 0 Å². The molecule has 19 heavy (non-hydrogen) atoms. The van der Waals surface area contributed by atoms with E-state index in [-0.39, 0.29) is 10.7 Å². The van der Waals surface area contributed by atoms with Gasteiger partial charge in [0, 0.05) is 4.47 Å². The maximum absolute atomic E-state index is 12.2. The first-order valence-corrected chi connectivity index (χ1v) is 7.67. The Morgan fingerprint density at radius 3 is 2.37 bits per heavy atom. The van der Waals surface area contributed by atoms with E-state index in [1.807, 2.05) is 26.0 Å². The van der Waals surface area contributed by atoms with E-state index < -0.39 is 10.0 Å². The quantitative estimate of drug-likeness (QED) is 0.794. The Kier molecular flexibility index (Phi) is 3.55. The number of hydrogen-bond acceptors (Lipinski definition) is 4. The predicted molar refractivity (Wildman–Crippen MR) is 77.4 cm³/mol. The molecule has 0 aliphatic carbocycles. The summed E-state index contributed by atoms with van der Waals surface area (Å²) < 4.78 is 27.9. The van der Waals surface area contributed by atoms with E-state index in [2.05, 4.69) is 30.8 Å². The number of H-pyrrole nitrogens is 1.